The molecule has 1 fully saturated rings. The van der Waals surface area contributed by atoms with E-state index in [-0.39, 0.29) is 17.9 Å². The Morgan fingerprint density at radius 3 is 2.31 bits per heavy atom. The quantitative estimate of drug-likeness (QED) is 0.156. The molecule has 1 N–H and O–H groups in total. The van der Waals surface area contributed by atoms with Crippen molar-refractivity contribution in [2.75, 3.05) is 12.0 Å². The van der Waals surface area contributed by atoms with Crippen LogP contribution in [0.5, 0.6) is 17.2 Å². The molecule has 1 heterocycles. The Kier molecular flexibility index (Phi) is 8.90. The molecule has 212 valence electrons. The first-order valence-electron chi connectivity index (χ1n) is 12.8. The molecule has 10 heteroatoms. The normalized spacial score (nSPS) is 14.1. The van der Waals surface area contributed by atoms with E-state index in [4.69, 9.17) is 25.8 Å². The second-order valence-corrected chi connectivity index (χ2v) is 10.4. The van der Waals surface area contributed by atoms with Gasteiger partial charge in [0.05, 0.1) is 17.3 Å². The lowest BCUT2D eigenvalue weighted by atomic mass is 10.1. The van der Waals surface area contributed by atoms with Gasteiger partial charge in [0.25, 0.3) is 11.8 Å². The first-order chi connectivity index (χ1) is 20.3. The maximum absolute atomic E-state index is 13.4. The van der Waals surface area contributed by atoms with Crippen LogP contribution in [0.2, 0.25) is 5.02 Å². The third-order valence-corrected chi connectivity index (χ3v) is 7.30. The molecule has 5 rings (SSSR count). The third-order valence-electron chi connectivity index (χ3n) is 6.34. The van der Waals surface area contributed by atoms with Gasteiger partial charge >= 0.3 is 6.03 Å². The number of carbonyl (C=O) groups is 3. The first-order valence-corrected chi connectivity index (χ1v) is 13.9. The predicted octanol–water partition coefficient (Wildman–Crippen LogP) is 6.94. The van der Waals surface area contributed by atoms with Crippen LogP contribution in [0.25, 0.3) is 6.08 Å². The van der Waals surface area contributed by atoms with E-state index in [9.17, 15) is 14.4 Å². The minimum absolute atomic E-state index is 0.222. The van der Waals surface area contributed by atoms with Crippen molar-refractivity contribution in [3.05, 3.63) is 123 Å². The Morgan fingerprint density at radius 1 is 0.881 bits per heavy atom. The number of nitrogens with zero attached hydrogens (tertiary/aromatic N) is 1. The Hall–Kier alpha value is -4.60. The molecule has 8 nitrogen and oxygen atoms in total. The second kappa shape index (κ2) is 12.9. The standard InChI is InChI=1S/C32H24BrClN2O6/c1-40-28-17-21(16-26(33)29(28)42-18-20-7-3-2-4-8-20)15-25-30(37)35-32(39)36(31(25)38)23-11-13-24(14-12-23)41-19-22-9-5-6-10-27(22)34/h2-17H,18-19H2,1H3,(H,35,37,39)/b25-15+. The summed E-state index contributed by atoms with van der Waals surface area (Å²) in [5.41, 5.74) is 2.33. The molecular weight excluding hydrogens is 624 g/mol. The molecular formula is C32H24BrClN2O6. The number of benzene rings is 4. The first kappa shape index (κ1) is 28.9. The van der Waals surface area contributed by atoms with Crippen LogP contribution >= 0.6 is 27.5 Å². The lowest BCUT2D eigenvalue weighted by Crippen LogP contribution is -2.54. The van der Waals surface area contributed by atoms with Crippen LogP contribution in [0.1, 0.15) is 16.7 Å². The average Bonchev–Trinajstić information content (AvgIpc) is 2.99. The van der Waals surface area contributed by atoms with Gasteiger partial charge in [0.15, 0.2) is 11.5 Å². The number of anilines is 1. The maximum atomic E-state index is 13.4. The van der Waals surface area contributed by atoms with Crippen LogP contribution in [0, 0.1) is 0 Å². The summed E-state index contributed by atoms with van der Waals surface area (Å²) < 4.78 is 17.8. The fourth-order valence-corrected chi connectivity index (χ4v) is 4.98. The number of urea groups is 1. The highest BCUT2D eigenvalue weighted by molar-refractivity contribution is 9.10. The Labute approximate surface area is 255 Å². The molecule has 4 aromatic carbocycles. The number of hydrogen-bond donors (Lipinski definition) is 1. The average molecular weight is 648 g/mol. The molecule has 4 amide bonds. The minimum atomic E-state index is -0.852. The molecule has 1 aliphatic heterocycles. The number of nitrogens with one attached hydrogen (secondary N) is 1. The van der Waals surface area contributed by atoms with Crippen molar-refractivity contribution in [1.82, 2.24) is 5.32 Å². The highest BCUT2D eigenvalue weighted by Gasteiger charge is 2.37. The topological polar surface area (TPSA) is 94.2 Å². The largest absolute Gasteiger partial charge is 0.493 e. The fourth-order valence-electron chi connectivity index (χ4n) is 4.22. The maximum Gasteiger partial charge on any atom is 0.335 e. The van der Waals surface area contributed by atoms with Gasteiger partial charge < -0.3 is 14.2 Å². The lowest BCUT2D eigenvalue weighted by molar-refractivity contribution is -0.122. The summed E-state index contributed by atoms with van der Waals surface area (Å²) in [4.78, 5) is 39.7. The van der Waals surface area contributed by atoms with Gasteiger partial charge in [0.1, 0.15) is 24.5 Å². The molecule has 0 bridgehead atoms. The van der Waals surface area contributed by atoms with E-state index >= 15 is 0 Å². The molecule has 0 spiro atoms. The van der Waals surface area contributed by atoms with Crippen LogP contribution in [-0.4, -0.2) is 25.0 Å². The van der Waals surface area contributed by atoms with E-state index < -0.39 is 17.8 Å². The number of barbiturate groups is 1. The van der Waals surface area contributed by atoms with Crippen molar-refractivity contribution >= 4 is 57.1 Å². The molecule has 4 aromatic rings. The number of imide groups is 2. The zero-order chi connectivity index (χ0) is 29.6. The van der Waals surface area contributed by atoms with Gasteiger partial charge in [-0.1, -0.05) is 60.1 Å². The highest BCUT2D eigenvalue weighted by Crippen LogP contribution is 2.38. The molecule has 0 unspecified atom stereocenters. The number of rotatable bonds is 9. The van der Waals surface area contributed by atoms with Crippen LogP contribution < -0.4 is 24.4 Å². The third kappa shape index (κ3) is 6.48. The summed E-state index contributed by atoms with van der Waals surface area (Å²) in [5, 5.41) is 2.82. The number of halogens is 2. The molecule has 1 saturated heterocycles. The Morgan fingerprint density at radius 2 is 1.60 bits per heavy atom. The van der Waals surface area contributed by atoms with Crippen molar-refractivity contribution in [2.24, 2.45) is 0 Å². The summed E-state index contributed by atoms with van der Waals surface area (Å²) in [6, 6.07) is 25.9. The Bertz CT molecular complexity index is 1670. The van der Waals surface area contributed by atoms with Crippen molar-refractivity contribution in [3.63, 3.8) is 0 Å². The van der Waals surface area contributed by atoms with E-state index in [0.717, 1.165) is 16.0 Å². The highest BCUT2D eigenvalue weighted by atomic mass is 79.9. The van der Waals surface area contributed by atoms with Gasteiger partial charge in [-0.3, -0.25) is 14.9 Å². The number of ether oxygens (including phenoxy) is 3. The molecule has 0 atom stereocenters. The van der Waals surface area contributed by atoms with Crippen molar-refractivity contribution in [1.29, 1.82) is 0 Å². The number of amides is 4. The summed E-state index contributed by atoms with van der Waals surface area (Å²) in [6.45, 7) is 0.566. The molecule has 0 radical (unpaired) electrons. The smallest absolute Gasteiger partial charge is 0.335 e. The van der Waals surface area contributed by atoms with Crippen molar-refractivity contribution in [2.45, 2.75) is 13.2 Å². The van der Waals surface area contributed by atoms with Crippen LogP contribution in [0.15, 0.2) is 101 Å². The van der Waals surface area contributed by atoms with Crippen LogP contribution in [-0.2, 0) is 22.8 Å². The zero-order valence-corrected chi connectivity index (χ0v) is 24.6. The van der Waals surface area contributed by atoms with Gasteiger partial charge in [-0.15, -0.1) is 0 Å². The van der Waals surface area contributed by atoms with Crippen molar-refractivity contribution in [3.8, 4) is 17.2 Å². The molecule has 42 heavy (non-hydrogen) atoms. The summed E-state index contributed by atoms with van der Waals surface area (Å²) in [7, 11) is 1.49. The number of carbonyl (C=O) groups excluding carboxylic acids is 3. The fraction of sp³-hybridized carbons (Fsp3) is 0.0938. The summed E-state index contributed by atoms with van der Waals surface area (Å²) in [6.07, 6.45) is 1.40. The van der Waals surface area contributed by atoms with E-state index in [1.54, 1.807) is 42.5 Å². The molecule has 0 aromatic heterocycles. The van der Waals surface area contributed by atoms with Gasteiger partial charge in [-0.05, 0) is 75.6 Å². The van der Waals surface area contributed by atoms with E-state index in [2.05, 4.69) is 21.2 Å². The van der Waals surface area contributed by atoms with Gasteiger partial charge in [-0.2, -0.15) is 0 Å². The molecule has 0 aliphatic carbocycles. The summed E-state index contributed by atoms with van der Waals surface area (Å²) >= 11 is 9.69. The van der Waals surface area contributed by atoms with Crippen LogP contribution in [0.4, 0.5) is 10.5 Å². The van der Waals surface area contributed by atoms with Gasteiger partial charge in [-0.25, -0.2) is 9.69 Å². The monoisotopic (exact) mass is 646 g/mol. The Balaban J connectivity index is 1.35. The zero-order valence-electron chi connectivity index (χ0n) is 22.3. The predicted molar refractivity (Wildman–Crippen MR) is 163 cm³/mol. The second-order valence-electron chi connectivity index (χ2n) is 9.14. The summed E-state index contributed by atoms with van der Waals surface area (Å²) in [5.74, 6) is -0.192. The van der Waals surface area contributed by atoms with E-state index in [1.165, 1.54) is 13.2 Å². The number of methoxy groups -OCH3 is 1. The lowest BCUT2D eigenvalue weighted by Gasteiger charge is -2.26. The molecule has 0 saturated carbocycles. The van der Waals surface area contributed by atoms with E-state index in [1.807, 2.05) is 48.5 Å². The van der Waals surface area contributed by atoms with Crippen LogP contribution in [0.3, 0.4) is 0 Å². The minimum Gasteiger partial charge on any atom is -0.493 e. The van der Waals surface area contributed by atoms with Gasteiger partial charge in [0, 0.05) is 10.6 Å². The SMILES string of the molecule is COc1cc(/C=C2\C(=O)NC(=O)N(c3ccc(OCc4ccccc4Cl)cc3)C2=O)cc(Br)c1OCc1ccccc1. The molecule has 1 aliphatic rings. The van der Waals surface area contributed by atoms with E-state index in [0.29, 0.717) is 38.9 Å². The number of hydrogen-bond acceptors (Lipinski definition) is 6. The van der Waals surface area contributed by atoms with Gasteiger partial charge in [0.2, 0.25) is 0 Å². The van der Waals surface area contributed by atoms with Crippen molar-refractivity contribution < 1.29 is 28.6 Å².